The van der Waals surface area contributed by atoms with E-state index >= 15 is 0 Å². The molecule has 0 aromatic rings. The van der Waals surface area contributed by atoms with Gasteiger partial charge in [0.05, 0.1) is 19.6 Å². The van der Waals surface area contributed by atoms with Crippen molar-refractivity contribution in [3.05, 3.63) is 0 Å². The van der Waals surface area contributed by atoms with E-state index in [-0.39, 0.29) is 18.6 Å². The van der Waals surface area contributed by atoms with Crippen molar-refractivity contribution in [1.29, 1.82) is 0 Å². The Bertz CT molecular complexity index is 642. The summed E-state index contributed by atoms with van der Waals surface area (Å²) in [5.41, 5.74) is 0.591. The van der Waals surface area contributed by atoms with Gasteiger partial charge >= 0.3 is 11.9 Å². The van der Waals surface area contributed by atoms with Gasteiger partial charge in [-0.25, -0.2) is 0 Å². The van der Waals surface area contributed by atoms with Crippen LogP contribution < -0.4 is 0 Å². The van der Waals surface area contributed by atoms with Crippen LogP contribution >= 0.6 is 0 Å². The second-order valence-electron chi connectivity index (χ2n) is 11.0. The summed E-state index contributed by atoms with van der Waals surface area (Å²) in [7, 11) is -4.76. The summed E-state index contributed by atoms with van der Waals surface area (Å²) in [5, 5.41) is -1.94. The first-order valence-electron chi connectivity index (χ1n) is 11.9. The molecule has 0 rings (SSSR count). The number of hydrogen-bond donors (Lipinski definition) is 1. The average Bonchev–Trinajstić information content (AvgIpc) is 2.61. The predicted octanol–water partition coefficient (Wildman–Crippen LogP) is 5.71. The lowest BCUT2D eigenvalue weighted by molar-refractivity contribution is -0.150. The molecule has 0 spiro atoms. The van der Waals surface area contributed by atoms with E-state index in [9.17, 15) is 22.6 Å². The molecule has 0 aromatic heterocycles. The zero-order valence-electron chi connectivity index (χ0n) is 21.1. The molecule has 0 bridgehead atoms. The van der Waals surface area contributed by atoms with E-state index in [1.807, 2.05) is 0 Å². The van der Waals surface area contributed by atoms with Gasteiger partial charge in [0.2, 0.25) is 0 Å². The number of ether oxygens (including phenoxy) is 2. The first kappa shape index (κ1) is 30.9. The van der Waals surface area contributed by atoms with Gasteiger partial charge in [-0.15, -0.1) is 0 Å². The highest BCUT2D eigenvalue weighted by molar-refractivity contribution is 7.87. The lowest BCUT2D eigenvalue weighted by Gasteiger charge is -2.17. The van der Waals surface area contributed by atoms with Crippen LogP contribution in [0.1, 0.15) is 112 Å². The van der Waals surface area contributed by atoms with Gasteiger partial charge in [0.15, 0.2) is 5.25 Å². The Morgan fingerprint density at radius 1 is 0.719 bits per heavy atom. The van der Waals surface area contributed by atoms with Crippen LogP contribution in [0.3, 0.4) is 0 Å². The van der Waals surface area contributed by atoms with Crippen LogP contribution in [-0.2, 0) is 29.2 Å². The predicted molar refractivity (Wildman–Crippen MR) is 127 cm³/mol. The molecule has 0 aliphatic heterocycles. The van der Waals surface area contributed by atoms with Crippen LogP contribution in [0, 0.1) is 10.8 Å². The molecule has 0 aliphatic carbocycles. The molecule has 0 aromatic carbocycles. The van der Waals surface area contributed by atoms with Gasteiger partial charge in [0.25, 0.3) is 10.1 Å². The van der Waals surface area contributed by atoms with Crippen molar-refractivity contribution >= 4 is 22.1 Å². The summed E-state index contributed by atoms with van der Waals surface area (Å²) in [4.78, 5) is 24.1. The zero-order valence-corrected chi connectivity index (χ0v) is 21.9. The van der Waals surface area contributed by atoms with Crippen molar-refractivity contribution in [2.45, 2.75) is 117 Å². The fourth-order valence-electron chi connectivity index (χ4n) is 3.19. The van der Waals surface area contributed by atoms with Crippen molar-refractivity contribution in [3.63, 3.8) is 0 Å². The maximum atomic E-state index is 12.1. The topological polar surface area (TPSA) is 107 Å². The fourth-order valence-corrected chi connectivity index (χ4v) is 3.85. The molecular weight excluding hydrogens is 432 g/mol. The summed E-state index contributed by atoms with van der Waals surface area (Å²) >= 11 is 0. The van der Waals surface area contributed by atoms with E-state index in [1.54, 1.807) is 0 Å². The van der Waals surface area contributed by atoms with E-state index in [2.05, 4.69) is 41.5 Å². The van der Waals surface area contributed by atoms with Gasteiger partial charge < -0.3 is 9.47 Å². The third-order valence-corrected chi connectivity index (χ3v) is 6.20. The third kappa shape index (κ3) is 18.4. The smallest absolute Gasteiger partial charge is 0.327 e. The molecule has 0 radical (unpaired) electrons. The number of carbonyl (C=O) groups is 2. The maximum Gasteiger partial charge on any atom is 0.327 e. The summed E-state index contributed by atoms with van der Waals surface area (Å²) < 4.78 is 42.5. The molecule has 1 atom stereocenters. The van der Waals surface area contributed by atoms with Gasteiger partial charge in [-0.2, -0.15) is 8.42 Å². The average molecular weight is 479 g/mol. The molecular formula is C24H46O7S. The number of carbonyl (C=O) groups excluding carboxylic acids is 2. The third-order valence-electron chi connectivity index (χ3n) is 5.12. The molecule has 8 heteroatoms. The van der Waals surface area contributed by atoms with Gasteiger partial charge in [-0.05, 0) is 36.5 Å². The second kappa shape index (κ2) is 14.9. The van der Waals surface area contributed by atoms with Crippen molar-refractivity contribution in [3.8, 4) is 0 Å². The molecule has 0 aliphatic rings. The maximum absolute atomic E-state index is 12.1. The van der Waals surface area contributed by atoms with Crippen molar-refractivity contribution < 1.29 is 32.0 Å². The Balaban J connectivity index is 4.17. The first-order chi connectivity index (χ1) is 14.6. The largest absolute Gasteiger partial charge is 0.466 e. The molecule has 7 nitrogen and oxygen atoms in total. The summed E-state index contributed by atoms with van der Waals surface area (Å²) in [6, 6.07) is 0. The van der Waals surface area contributed by atoms with Gasteiger partial charge in [0, 0.05) is 0 Å². The lowest BCUT2D eigenvalue weighted by atomic mass is 9.89. The number of hydrogen-bond acceptors (Lipinski definition) is 6. The minimum atomic E-state index is -4.76. The van der Waals surface area contributed by atoms with E-state index in [1.165, 1.54) is 0 Å². The van der Waals surface area contributed by atoms with E-state index < -0.39 is 33.7 Å². The molecule has 1 N–H and O–H groups in total. The minimum Gasteiger partial charge on any atom is -0.466 e. The Labute approximate surface area is 195 Å². The standard InChI is InChI=1S/C24H46O7S/c1-23(2,3)15-11-7-9-13-17-30-21(25)19-20(32(27,28)29)22(26)31-18-14-10-8-12-16-24(4,5)6/h20H,7-19H2,1-6H3,(H,27,28,29). The highest BCUT2D eigenvalue weighted by atomic mass is 32.2. The lowest BCUT2D eigenvalue weighted by Crippen LogP contribution is -2.34. The SMILES string of the molecule is CC(C)(C)CCCCCCOC(=O)CC(C(=O)OCCCCCCC(C)(C)C)S(=O)(=O)O. The minimum absolute atomic E-state index is 0.0595. The van der Waals surface area contributed by atoms with Crippen LogP contribution in [0.4, 0.5) is 0 Å². The summed E-state index contributed by atoms with van der Waals surface area (Å²) in [6.07, 6.45) is 8.74. The number of esters is 2. The van der Waals surface area contributed by atoms with Crippen molar-refractivity contribution in [2.24, 2.45) is 10.8 Å². The highest BCUT2D eigenvalue weighted by Crippen LogP contribution is 2.23. The highest BCUT2D eigenvalue weighted by Gasteiger charge is 2.35. The summed E-state index contributed by atoms with van der Waals surface area (Å²) in [6.45, 7) is 13.4. The van der Waals surface area contributed by atoms with E-state index in [0.717, 1.165) is 51.4 Å². The number of rotatable bonds is 16. The van der Waals surface area contributed by atoms with Crippen LogP contribution in [-0.4, -0.2) is 43.4 Å². The molecule has 0 amide bonds. The second-order valence-corrected chi connectivity index (χ2v) is 12.6. The molecule has 0 saturated heterocycles. The number of unbranched alkanes of at least 4 members (excludes halogenated alkanes) is 6. The van der Waals surface area contributed by atoms with Crippen LogP contribution in [0.25, 0.3) is 0 Å². The van der Waals surface area contributed by atoms with Gasteiger partial charge in [-0.3, -0.25) is 14.1 Å². The van der Waals surface area contributed by atoms with Gasteiger partial charge in [-0.1, -0.05) is 80.1 Å². The van der Waals surface area contributed by atoms with Crippen LogP contribution in [0.5, 0.6) is 0 Å². The Hall–Kier alpha value is -1.15. The quantitative estimate of drug-likeness (QED) is 0.172. The molecule has 1 unspecified atom stereocenters. The zero-order chi connectivity index (χ0) is 24.8. The fraction of sp³-hybridized carbons (Fsp3) is 0.917. The molecule has 32 heavy (non-hydrogen) atoms. The monoisotopic (exact) mass is 478 g/mol. The molecule has 0 fully saturated rings. The van der Waals surface area contributed by atoms with Crippen LogP contribution in [0.15, 0.2) is 0 Å². The normalized spacial score (nSPS) is 13.6. The van der Waals surface area contributed by atoms with Crippen LogP contribution in [0.2, 0.25) is 0 Å². The van der Waals surface area contributed by atoms with E-state index in [4.69, 9.17) is 9.47 Å². The molecule has 0 heterocycles. The van der Waals surface area contributed by atoms with E-state index in [0.29, 0.717) is 18.3 Å². The van der Waals surface area contributed by atoms with Gasteiger partial charge in [0.1, 0.15) is 0 Å². The first-order valence-corrected chi connectivity index (χ1v) is 13.4. The molecule has 0 saturated carbocycles. The molecule has 190 valence electrons. The summed E-state index contributed by atoms with van der Waals surface area (Å²) in [5.74, 6) is -1.94. The Morgan fingerprint density at radius 3 is 1.53 bits per heavy atom. The van der Waals surface area contributed by atoms with Crippen molar-refractivity contribution in [2.75, 3.05) is 13.2 Å². The van der Waals surface area contributed by atoms with Crippen molar-refractivity contribution in [1.82, 2.24) is 0 Å². The Morgan fingerprint density at radius 2 is 1.12 bits per heavy atom. The Kier molecular flexibility index (Phi) is 14.4.